The summed E-state index contributed by atoms with van der Waals surface area (Å²) in [4.78, 5) is 0. The van der Waals surface area contributed by atoms with Crippen molar-refractivity contribution in [2.24, 2.45) is 5.73 Å². The number of rotatable bonds is 5. The number of benzene rings is 2. The van der Waals surface area contributed by atoms with Crippen LogP contribution >= 0.6 is 11.6 Å². The highest BCUT2D eigenvalue weighted by Gasteiger charge is 2.13. The van der Waals surface area contributed by atoms with Crippen LogP contribution in [0.25, 0.3) is 0 Å². The highest BCUT2D eigenvalue weighted by molar-refractivity contribution is 6.31. The van der Waals surface area contributed by atoms with Gasteiger partial charge < -0.3 is 10.5 Å². The van der Waals surface area contributed by atoms with E-state index in [-0.39, 0.29) is 17.6 Å². The second kappa shape index (κ2) is 6.87. The van der Waals surface area contributed by atoms with Crippen molar-refractivity contribution in [3.63, 3.8) is 0 Å². The van der Waals surface area contributed by atoms with Crippen molar-refractivity contribution < 1.29 is 13.5 Å². The molecule has 5 heteroatoms. The molecule has 0 saturated carbocycles. The molecule has 2 N–H and O–H groups in total. The highest BCUT2D eigenvalue weighted by Crippen LogP contribution is 2.22. The van der Waals surface area contributed by atoms with Crippen LogP contribution in [0.15, 0.2) is 36.4 Å². The fraction of sp³-hybridized carbons (Fsp3) is 0.250. The molecular formula is C16H16ClF2NO. The lowest BCUT2D eigenvalue weighted by atomic mass is 9.99. The van der Waals surface area contributed by atoms with Gasteiger partial charge in [-0.1, -0.05) is 23.7 Å². The number of halogens is 3. The Kier molecular flexibility index (Phi) is 5.15. The average Bonchev–Trinajstić information content (AvgIpc) is 2.43. The predicted octanol–water partition coefficient (Wildman–Crippen LogP) is 3.74. The lowest BCUT2D eigenvalue weighted by Crippen LogP contribution is -2.26. The van der Waals surface area contributed by atoms with Crippen LogP contribution in [-0.4, -0.2) is 13.2 Å². The molecule has 0 heterocycles. The van der Waals surface area contributed by atoms with Gasteiger partial charge in [-0.3, -0.25) is 0 Å². The SMILES string of the molecule is COc1ccc(CC(N)Cc2c(F)cccc2Cl)cc1F. The second-order valence-corrected chi connectivity index (χ2v) is 5.24. The fourth-order valence-corrected chi connectivity index (χ4v) is 2.44. The Morgan fingerprint density at radius 2 is 1.90 bits per heavy atom. The molecule has 1 atom stereocenters. The minimum atomic E-state index is -0.439. The van der Waals surface area contributed by atoms with Crippen molar-refractivity contribution in [2.75, 3.05) is 7.11 Å². The van der Waals surface area contributed by atoms with Crippen LogP contribution < -0.4 is 10.5 Å². The van der Waals surface area contributed by atoms with Crippen LogP contribution in [0.5, 0.6) is 5.75 Å². The summed E-state index contributed by atoms with van der Waals surface area (Å²) in [5.41, 5.74) is 7.14. The largest absolute Gasteiger partial charge is 0.494 e. The normalized spacial score (nSPS) is 12.2. The summed E-state index contributed by atoms with van der Waals surface area (Å²) >= 11 is 5.97. The van der Waals surface area contributed by atoms with E-state index in [1.807, 2.05) is 0 Å². The predicted molar refractivity (Wildman–Crippen MR) is 79.7 cm³/mol. The first-order chi connectivity index (χ1) is 10.0. The molecule has 2 nitrogen and oxygen atoms in total. The molecule has 0 saturated heterocycles. The summed E-state index contributed by atoms with van der Waals surface area (Å²) in [7, 11) is 1.41. The molecule has 2 aromatic rings. The van der Waals surface area contributed by atoms with E-state index >= 15 is 0 Å². The molecule has 0 aliphatic rings. The van der Waals surface area contributed by atoms with Crippen LogP contribution in [0.1, 0.15) is 11.1 Å². The lowest BCUT2D eigenvalue weighted by molar-refractivity contribution is 0.386. The van der Waals surface area contributed by atoms with Crippen LogP contribution in [0.3, 0.4) is 0 Å². The fourth-order valence-electron chi connectivity index (χ4n) is 2.20. The van der Waals surface area contributed by atoms with Crippen LogP contribution in [0, 0.1) is 11.6 Å². The number of ether oxygens (including phenoxy) is 1. The molecule has 2 aromatic carbocycles. The smallest absolute Gasteiger partial charge is 0.165 e. The maximum absolute atomic E-state index is 13.7. The minimum absolute atomic E-state index is 0.185. The van der Waals surface area contributed by atoms with Crippen molar-refractivity contribution in [2.45, 2.75) is 18.9 Å². The highest BCUT2D eigenvalue weighted by atomic mass is 35.5. The van der Waals surface area contributed by atoms with Crippen LogP contribution in [-0.2, 0) is 12.8 Å². The van der Waals surface area contributed by atoms with Crippen molar-refractivity contribution >= 4 is 11.6 Å². The molecule has 0 aliphatic carbocycles. The molecule has 0 bridgehead atoms. The van der Waals surface area contributed by atoms with E-state index < -0.39 is 5.82 Å². The summed E-state index contributed by atoms with van der Waals surface area (Å²) in [5.74, 6) is -0.630. The van der Waals surface area contributed by atoms with Gasteiger partial charge in [-0.15, -0.1) is 0 Å². The van der Waals surface area contributed by atoms with Crippen LogP contribution in [0.4, 0.5) is 8.78 Å². The quantitative estimate of drug-likeness (QED) is 0.913. The molecule has 21 heavy (non-hydrogen) atoms. The van der Waals surface area contributed by atoms with Crippen molar-refractivity contribution in [1.29, 1.82) is 0 Å². The van der Waals surface area contributed by atoms with Crippen LogP contribution in [0.2, 0.25) is 5.02 Å². The van der Waals surface area contributed by atoms with E-state index in [4.69, 9.17) is 22.1 Å². The average molecular weight is 312 g/mol. The summed E-state index contributed by atoms with van der Waals surface area (Å²) in [6.45, 7) is 0. The number of nitrogens with two attached hydrogens (primary N) is 1. The third-order valence-electron chi connectivity index (χ3n) is 3.24. The van der Waals surface area contributed by atoms with E-state index in [1.54, 1.807) is 24.3 Å². The Balaban J connectivity index is 2.08. The summed E-state index contributed by atoms with van der Waals surface area (Å²) in [5, 5.41) is 0.353. The monoisotopic (exact) mass is 311 g/mol. The van der Waals surface area contributed by atoms with E-state index in [2.05, 4.69) is 0 Å². The van der Waals surface area contributed by atoms with E-state index in [0.29, 0.717) is 23.4 Å². The van der Waals surface area contributed by atoms with Gasteiger partial charge in [-0.2, -0.15) is 0 Å². The minimum Gasteiger partial charge on any atom is -0.494 e. The molecular weight excluding hydrogens is 296 g/mol. The molecule has 2 rings (SSSR count). The molecule has 0 radical (unpaired) electrons. The summed E-state index contributed by atoms with van der Waals surface area (Å²) in [6.07, 6.45) is 0.713. The van der Waals surface area contributed by atoms with E-state index in [1.165, 1.54) is 19.2 Å². The maximum Gasteiger partial charge on any atom is 0.165 e. The number of hydrogen-bond acceptors (Lipinski definition) is 2. The zero-order valence-electron chi connectivity index (χ0n) is 11.6. The Morgan fingerprint density at radius 3 is 2.52 bits per heavy atom. The third-order valence-corrected chi connectivity index (χ3v) is 3.60. The Morgan fingerprint density at radius 1 is 1.14 bits per heavy atom. The standard InChI is InChI=1S/C16H16ClF2NO/c1-21-16-6-5-10(8-15(16)19)7-11(20)9-12-13(17)3-2-4-14(12)18/h2-6,8,11H,7,9,20H2,1H3. The number of methoxy groups -OCH3 is 1. The second-order valence-electron chi connectivity index (χ2n) is 4.84. The van der Waals surface area contributed by atoms with Crippen molar-refractivity contribution in [3.8, 4) is 5.75 Å². The Labute approximate surface area is 127 Å². The molecule has 1 unspecified atom stereocenters. The van der Waals surface area contributed by atoms with Gasteiger partial charge in [-0.25, -0.2) is 8.78 Å². The first-order valence-electron chi connectivity index (χ1n) is 6.52. The maximum atomic E-state index is 13.7. The van der Waals surface area contributed by atoms with Gasteiger partial charge in [0.05, 0.1) is 7.11 Å². The molecule has 0 aliphatic heterocycles. The van der Waals surface area contributed by atoms with Crippen molar-refractivity contribution in [1.82, 2.24) is 0 Å². The van der Waals surface area contributed by atoms with E-state index in [9.17, 15) is 8.78 Å². The lowest BCUT2D eigenvalue weighted by Gasteiger charge is -2.14. The van der Waals surface area contributed by atoms with Crippen molar-refractivity contribution in [3.05, 3.63) is 64.2 Å². The zero-order chi connectivity index (χ0) is 15.4. The third kappa shape index (κ3) is 3.93. The Bertz CT molecular complexity index is 613. The van der Waals surface area contributed by atoms with Gasteiger partial charge >= 0.3 is 0 Å². The summed E-state index contributed by atoms with van der Waals surface area (Å²) in [6, 6.07) is 8.83. The molecule has 0 amide bonds. The zero-order valence-corrected chi connectivity index (χ0v) is 12.3. The molecule has 0 spiro atoms. The van der Waals surface area contributed by atoms with Gasteiger partial charge in [0.25, 0.3) is 0 Å². The summed E-state index contributed by atoms with van der Waals surface area (Å²) < 4.78 is 32.2. The van der Waals surface area contributed by atoms with Gasteiger partial charge in [0, 0.05) is 16.6 Å². The topological polar surface area (TPSA) is 35.2 Å². The molecule has 0 fully saturated rings. The van der Waals surface area contributed by atoms with Gasteiger partial charge in [0.2, 0.25) is 0 Å². The molecule has 112 valence electrons. The van der Waals surface area contributed by atoms with Gasteiger partial charge in [-0.05, 0) is 42.7 Å². The first-order valence-corrected chi connectivity index (χ1v) is 6.90. The van der Waals surface area contributed by atoms with E-state index in [0.717, 1.165) is 5.56 Å². The van der Waals surface area contributed by atoms with Gasteiger partial charge in [0.15, 0.2) is 11.6 Å². The Hall–Kier alpha value is -1.65. The molecule has 0 aromatic heterocycles. The first kappa shape index (κ1) is 15.7. The number of hydrogen-bond donors (Lipinski definition) is 1. The van der Waals surface area contributed by atoms with Gasteiger partial charge in [0.1, 0.15) is 5.82 Å².